The Labute approximate surface area is 169 Å². The van der Waals surface area contributed by atoms with Crippen LogP contribution < -0.4 is 15.5 Å². The van der Waals surface area contributed by atoms with Gasteiger partial charge in [-0.1, -0.05) is 6.92 Å². The highest BCUT2D eigenvalue weighted by Gasteiger charge is 2.20. The van der Waals surface area contributed by atoms with Crippen molar-refractivity contribution in [3.63, 3.8) is 0 Å². The normalized spacial score (nSPS) is 14.0. The highest BCUT2D eigenvalue weighted by atomic mass is 19.1. The van der Waals surface area contributed by atoms with E-state index in [0.29, 0.717) is 36.7 Å². The molecule has 0 saturated carbocycles. The van der Waals surface area contributed by atoms with Crippen molar-refractivity contribution in [1.82, 2.24) is 10.3 Å². The SMILES string of the molecule is CCCNc1nc(N2CCOCC2)cc(C)c1C(=O)NCc1cc(F)cc(F)c1. The number of nitrogens with one attached hydrogen (secondary N) is 2. The fourth-order valence-corrected chi connectivity index (χ4v) is 3.25. The van der Waals surface area contributed by atoms with Crippen LogP contribution in [0, 0.1) is 18.6 Å². The Bertz CT molecular complexity index is 850. The van der Waals surface area contributed by atoms with E-state index in [-0.39, 0.29) is 12.5 Å². The van der Waals surface area contributed by atoms with Gasteiger partial charge in [-0.15, -0.1) is 0 Å². The molecular weight excluding hydrogens is 378 g/mol. The monoisotopic (exact) mass is 404 g/mol. The van der Waals surface area contributed by atoms with Crippen molar-refractivity contribution < 1.29 is 18.3 Å². The molecule has 156 valence electrons. The lowest BCUT2D eigenvalue weighted by Crippen LogP contribution is -2.37. The van der Waals surface area contributed by atoms with Gasteiger partial charge < -0.3 is 20.3 Å². The van der Waals surface area contributed by atoms with Crippen molar-refractivity contribution >= 4 is 17.5 Å². The van der Waals surface area contributed by atoms with Crippen molar-refractivity contribution in [1.29, 1.82) is 0 Å². The second-order valence-electron chi connectivity index (χ2n) is 7.01. The summed E-state index contributed by atoms with van der Waals surface area (Å²) in [6, 6.07) is 5.09. The number of aromatic nitrogens is 1. The molecule has 0 bridgehead atoms. The van der Waals surface area contributed by atoms with E-state index >= 15 is 0 Å². The molecule has 2 N–H and O–H groups in total. The number of rotatable bonds is 7. The van der Waals surface area contributed by atoms with E-state index in [9.17, 15) is 13.6 Å². The second-order valence-corrected chi connectivity index (χ2v) is 7.01. The number of halogens is 2. The van der Waals surface area contributed by atoms with Crippen LogP contribution in [-0.4, -0.2) is 43.7 Å². The summed E-state index contributed by atoms with van der Waals surface area (Å²) < 4.78 is 32.2. The predicted molar refractivity (Wildman–Crippen MR) is 108 cm³/mol. The minimum absolute atomic E-state index is 0.0192. The number of carbonyl (C=O) groups excluding carboxylic acids is 1. The molecule has 1 aromatic carbocycles. The molecule has 2 aromatic rings. The van der Waals surface area contributed by atoms with Gasteiger partial charge in [-0.05, 0) is 42.7 Å². The number of pyridine rings is 1. The van der Waals surface area contributed by atoms with Crippen LogP contribution >= 0.6 is 0 Å². The first-order chi connectivity index (χ1) is 14.0. The second kappa shape index (κ2) is 9.65. The van der Waals surface area contributed by atoms with Crippen molar-refractivity contribution in [3.05, 3.63) is 52.6 Å². The van der Waals surface area contributed by atoms with E-state index in [1.807, 2.05) is 19.9 Å². The van der Waals surface area contributed by atoms with Crippen LogP contribution in [-0.2, 0) is 11.3 Å². The molecule has 6 nitrogen and oxygen atoms in total. The molecule has 1 fully saturated rings. The van der Waals surface area contributed by atoms with Crippen LogP contribution in [0.1, 0.15) is 34.8 Å². The van der Waals surface area contributed by atoms with Crippen LogP contribution in [0.4, 0.5) is 20.4 Å². The van der Waals surface area contributed by atoms with Gasteiger partial charge in [-0.3, -0.25) is 4.79 Å². The van der Waals surface area contributed by atoms with Gasteiger partial charge in [-0.2, -0.15) is 0 Å². The van der Waals surface area contributed by atoms with Gasteiger partial charge in [0.05, 0.1) is 18.8 Å². The number of aryl methyl sites for hydroxylation is 1. The Hall–Kier alpha value is -2.74. The summed E-state index contributed by atoms with van der Waals surface area (Å²) in [5.41, 5.74) is 1.57. The molecule has 0 atom stereocenters. The molecule has 1 saturated heterocycles. The lowest BCUT2D eigenvalue weighted by Gasteiger charge is -2.29. The molecule has 0 unspecified atom stereocenters. The summed E-state index contributed by atoms with van der Waals surface area (Å²) in [4.78, 5) is 19.7. The molecule has 0 radical (unpaired) electrons. The van der Waals surface area contributed by atoms with Gasteiger partial charge in [0.2, 0.25) is 0 Å². The third-order valence-corrected chi connectivity index (χ3v) is 4.68. The third-order valence-electron chi connectivity index (χ3n) is 4.68. The Morgan fingerprint density at radius 2 is 1.86 bits per heavy atom. The average molecular weight is 404 g/mol. The molecule has 2 heterocycles. The van der Waals surface area contributed by atoms with Gasteiger partial charge in [0.15, 0.2) is 0 Å². The highest BCUT2D eigenvalue weighted by Crippen LogP contribution is 2.24. The van der Waals surface area contributed by atoms with Crippen molar-refractivity contribution in [3.8, 4) is 0 Å². The smallest absolute Gasteiger partial charge is 0.255 e. The molecule has 1 aromatic heterocycles. The van der Waals surface area contributed by atoms with Crippen LogP contribution in [0.15, 0.2) is 24.3 Å². The number of ether oxygens (including phenoxy) is 1. The maximum atomic E-state index is 13.4. The highest BCUT2D eigenvalue weighted by molar-refractivity contribution is 6.00. The zero-order valence-corrected chi connectivity index (χ0v) is 16.7. The summed E-state index contributed by atoms with van der Waals surface area (Å²) in [6.07, 6.45) is 0.881. The van der Waals surface area contributed by atoms with Gasteiger partial charge in [0.1, 0.15) is 23.3 Å². The Morgan fingerprint density at radius 1 is 1.17 bits per heavy atom. The Kier molecular flexibility index (Phi) is 6.98. The van der Waals surface area contributed by atoms with E-state index in [4.69, 9.17) is 4.74 Å². The van der Waals surface area contributed by atoms with E-state index in [0.717, 1.165) is 37.0 Å². The quantitative estimate of drug-likeness (QED) is 0.742. The lowest BCUT2D eigenvalue weighted by atomic mass is 10.1. The van der Waals surface area contributed by atoms with Crippen molar-refractivity contribution in [2.45, 2.75) is 26.8 Å². The van der Waals surface area contributed by atoms with Crippen LogP contribution in [0.25, 0.3) is 0 Å². The van der Waals surface area contributed by atoms with E-state index < -0.39 is 11.6 Å². The van der Waals surface area contributed by atoms with E-state index in [2.05, 4.69) is 20.5 Å². The standard InChI is InChI=1S/C21H26F2N4O2/c1-3-4-24-20-19(14(2)9-18(26-20)27-5-7-29-8-6-27)21(28)25-13-15-10-16(22)12-17(23)11-15/h9-12H,3-8,13H2,1-2H3,(H,24,26)(H,25,28). The molecule has 0 spiro atoms. The zero-order chi connectivity index (χ0) is 20.8. The zero-order valence-electron chi connectivity index (χ0n) is 16.7. The molecule has 1 aliphatic rings. The van der Waals surface area contributed by atoms with E-state index in [1.165, 1.54) is 12.1 Å². The summed E-state index contributed by atoms with van der Waals surface area (Å²) >= 11 is 0. The van der Waals surface area contributed by atoms with Crippen LogP contribution in [0.5, 0.6) is 0 Å². The number of benzene rings is 1. The van der Waals surface area contributed by atoms with Crippen LogP contribution in [0.2, 0.25) is 0 Å². The first kappa shape index (κ1) is 21.0. The summed E-state index contributed by atoms with van der Waals surface area (Å²) in [5.74, 6) is -0.379. The fraction of sp³-hybridized carbons (Fsp3) is 0.429. The fourth-order valence-electron chi connectivity index (χ4n) is 3.25. The predicted octanol–water partition coefficient (Wildman–Crippen LogP) is 3.26. The number of morpholine rings is 1. The maximum Gasteiger partial charge on any atom is 0.255 e. The van der Waals surface area contributed by atoms with Crippen LogP contribution in [0.3, 0.4) is 0 Å². The molecule has 1 amide bonds. The number of nitrogens with zero attached hydrogens (tertiary/aromatic N) is 2. The molecule has 0 aliphatic carbocycles. The molecule has 1 aliphatic heterocycles. The molecule has 8 heteroatoms. The summed E-state index contributed by atoms with van der Waals surface area (Å²) in [6.45, 7) is 7.37. The molecule has 3 rings (SSSR count). The number of amides is 1. The van der Waals surface area contributed by atoms with E-state index in [1.54, 1.807) is 0 Å². The maximum absolute atomic E-state index is 13.4. The summed E-state index contributed by atoms with van der Waals surface area (Å²) in [5, 5.41) is 5.97. The van der Waals surface area contributed by atoms with Crippen molar-refractivity contribution in [2.24, 2.45) is 0 Å². The average Bonchev–Trinajstić information content (AvgIpc) is 2.70. The first-order valence-corrected chi connectivity index (χ1v) is 9.79. The van der Waals surface area contributed by atoms with Gasteiger partial charge in [0.25, 0.3) is 5.91 Å². The minimum atomic E-state index is -0.674. The Morgan fingerprint density at radius 3 is 2.52 bits per heavy atom. The number of carbonyl (C=O) groups is 1. The molecular formula is C21H26F2N4O2. The largest absolute Gasteiger partial charge is 0.378 e. The summed E-state index contributed by atoms with van der Waals surface area (Å²) in [7, 11) is 0. The number of hydrogen-bond donors (Lipinski definition) is 2. The lowest BCUT2D eigenvalue weighted by molar-refractivity contribution is 0.0950. The molecule has 29 heavy (non-hydrogen) atoms. The topological polar surface area (TPSA) is 66.5 Å². The Balaban J connectivity index is 1.82. The van der Waals surface area contributed by atoms with Gasteiger partial charge >= 0.3 is 0 Å². The third kappa shape index (κ3) is 5.41. The number of hydrogen-bond acceptors (Lipinski definition) is 5. The van der Waals surface area contributed by atoms with Gasteiger partial charge in [-0.25, -0.2) is 13.8 Å². The van der Waals surface area contributed by atoms with Gasteiger partial charge in [0, 0.05) is 32.2 Å². The first-order valence-electron chi connectivity index (χ1n) is 9.79. The minimum Gasteiger partial charge on any atom is -0.378 e. The number of anilines is 2. The van der Waals surface area contributed by atoms with Crippen molar-refractivity contribution in [2.75, 3.05) is 43.1 Å².